The average Bonchev–Trinajstić information content (AvgIpc) is 2.69. The van der Waals surface area contributed by atoms with Crippen LogP contribution in [-0.2, 0) is 19.6 Å². The Bertz CT molecular complexity index is 1070. The molecule has 0 aromatic heterocycles. The number of likely N-dealkylation sites (N-methyl/N-ethyl adjacent to an activating group) is 2. The first-order valence-electron chi connectivity index (χ1n) is 8.97. The summed E-state index contributed by atoms with van der Waals surface area (Å²) in [5.41, 5.74) is 1.72. The maximum atomic E-state index is 13.6. The largest absolute Gasteiger partial charge is 0.357 e. The van der Waals surface area contributed by atoms with E-state index in [0.717, 1.165) is 33.6 Å². The summed E-state index contributed by atoms with van der Waals surface area (Å²) in [5, 5.41) is 4.68. The minimum atomic E-state index is -3.95. The van der Waals surface area contributed by atoms with Gasteiger partial charge in [0.1, 0.15) is 6.04 Å². The van der Waals surface area contributed by atoms with E-state index in [1.165, 1.54) is 26.2 Å². The lowest BCUT2D eigenvalue weighted by atomic mass is 10.1. The molecular weight excluding hydrogens is 416 g/mol. The van der Waals surface area contributed by atoms with Crippen LogP contribution in [0.2, 0.25) is 0 Å². The standard InChI is InChI=1S/C20H23F2N3O4S/c1-12-5-7-15(9-13(12)2)30(28,29)25(4)11-18(26)24-19(20(27)23-3)14-6-8-16(21)17(22)10-14/h5-10,19H,11H2,1-4H3,(H,23,27)(H,24,26). The van der Waals surface area contributed by atoms with Crippen LogP contribution in [0.5, 0.6) is 0 Å². The molecule has 0 bridgehead atoms. The first-order valence-corrected chi connectivity index (χ1v) is 10.4. The number of rotatable bonds is 7. The second kappa shape index (κ2) is 9.31. The van der Waals surface area contributed by atoms with Crippen LogP contribution in [0.4, 0.5) is 8.78 Å². The zero-order valence-electron chi connectivity index (χ0n) is 17.0. The molecule has 162 valence electrons. The number of sulfonamides is 1. The summed E-state index contributed by atoms with van der Waals surface area (Å²) in [6, 6.07) is 6.09. The van der Waals surface area contributed by atoms with Gasteiger partial charge in [-0.25, -0.2) is 17.2 Å². The third-order valence-electron chi connectivity index (χ3n) is 4.64. The van der Waals surface area contributed by atoms with Crippen molar-refractivity contribution in [2.45, 2.75) is 24.8 Å². The fraction of sp³-hybridized carbons (Fsp3) is 0.300. The Morgan fingerprint density at radius 1 is 1.03 bits per heavy atom. The maximum absolute atomic E-state index is 13.6. The molecule has 0 aliphatic rings. The van der Waals surface area contributed by atoms with Gasteiger partial charge in [-0.3, -0.25) is 9.59 Å². The van der Waals surface area contributed by atoms with Gasteiger partial charge in [0.25, 0.3) is 0 Å². The van der Waals surface area contributed by atoms with E-state index < -0.39 is 46.1 Å². The number of halogens is 2. The Morgan fingerprint density at radius 3 is 2.27 bits per heavy atom. The topological polar surface area (TPSA) is 95.6 Å². The van der Waals surface area contributed by atoms with E-state index in [9.17, 15) is 26.8 Å². The van der Waals surface area contributed by atoms with Crippen LogP contribution in [0, 0.1) is 25.5 Å². The van der Waals surface area contributed by atoms with Crippen LogP contribution in [0.3, 0.4) is 0 Å². The third kappa shape index (κ3) is 5.19. The highest BCUT2D eigenvalue weighted by atomic mass is 32.2. The molecule has 0 saturated carbocycles. The summed E-state index contributed by atoms with van der Waals surface area (Å²) in [4.78, 5) is 24.6. The molecule has 2 aromatic carbocycles. The Balaban J connectivity index is 2.20. The lowest BCUT2D eigenvalue weighted by Crippen LogP contribution is -2.44. The molecule has 7 nitrogen and oxygen atoms in total. The van der Waals surface area contributed by atoms with Crippen LogP contribution in [0.25, 0.3) is 0 Å². The van der Waals surface area contributed by atoms with Crippen LogP contribution in [-0.4, -0.2) is 45.2 Å². The van der Waals surface area contributed by atoms with E-state index in [1.807, 2.05) is 6.92 Å². The first-order chi connectivity index (χ1) is 14.0. The molecular formula is C20H23F2N3O4S. The van der Waals surface area contributed by atoms with Gasteiger partial charge in [0.2, 0.25) is 21.8 Å². The number of nitrogens with zero attached hydrogens (tertiary/aromatic N) is 1. The van der Waals surface area contributed by atoms with E-state index in [1.54, 1.807) is 13.0 Å². The molecule has 0 saturated heterocycles. The predicted molar refractivity (Wildman–Crippen MR) is 107 cm³/mol. The number of hydrogen-bond acceptors (Lipinski definition) is 4. The predicted octanol–water partition coefficient (Wildman–Crippen LogP) is 1.81. The van der Waals surface area contributed by atoms with Gasteiger partial charge in [-0.2, -0.15) is 4.31 Å². The van der Waals surface area contributed by atoms with Gasteiger partial charge in [-0.1, -0.05) is 12.1 Å². The summed E-state index contributed by atoms with van der Waals surface area (Å²) in [6.07, 6.45) is 0. The van der Waals surface area contributed by atoms with E-state index in [-0.39, 0.29) is 10.5 Å². The minimum absolute atomic E-state index is 0.0151. The molecule has 30 heavy (non-hydrogen) atoms. The lowest BCUT2D eigenvalue weighted by molar-refractivity contribution is -0.128. The molecule has 1 atom stereocenters. The Kier molecular flexibility index (Phi) is 7.27. The molecule has 0 radical (unpaired) electrons. The fourth-order valence-electron chi connectivity index (χ4n) is 2.68. The zero-order valence-corrected chi connectivity index (χ0v) is 17.8. The minimum Gasteiger partial charge on any atom is -0.357 e. The Morgan fingerprint density at radius 2 is 1.70 bits per heavy atom. The average molecular weight is 439 g/mol. The monoisotopic (exact) mass is 439 g/mol. The molecule has 0 heterocycles. The molecule has 0 aliphatic heterocycles. The van der Waals surface area contributed by atoms with Crippen molar-refractivity contribution in [3.05, 3.63) is 64.7 Å². The van der Waals surface area contributed by atoms with Crippen LogP contribution in [0.1, 0.15) is 22.7 Å². The summed E-state index contributed by atoms with van der Waals surface area (Å²) in [5.74, 6) is -3.73. The van der Waals surface area contributed by atoms with Crippen molar-refractivity contribution in [1.82, 2.24) is 14.9 Å². The fourth-order valence-corrected chi connectivity index (χ4v) is 3.90. The van der Waals surface area contributed by atoms with Gasteiger partial charge in [0.15, 0.2) is 11.6 Å². The molecule has 0 aliphatic carbocycles. The highest BCUT2D eigenvalue weighted by molar-refractivity contribution is 7.89. The third-order valence-corrected chi connectivity index (χ3v) is 6.44. The number of carbonyl (C=O) groups excluding carboxylic acids is 2. The van der Waals surface area contributed by atoms with Gasteiger partial charge in [-0.05, 0) is 54.8 Å². The zero-order chi connectivity index (χ0) is 22.6. The second-order valence-corrected chi connectivity index (χ2v) is 8.84. The van der Waals surface area contributed by atoms with Crippen molar-refractivity contribution < 1.29 is 26.8 Å². The molecule has 2 aromatic rings. The lowest BCUT2D eigenvalue weighted by Gasteiger charge is -2.21. The smallest absolute Gasteiger partial charge is 0.246 e. The van der Waals surface area contributed by atoms with Gasteiger partial charge in [0, 0.05) is 14.1 Å². The summed E-state index contributed by atoms with van der Waals surface area (Å²) < 4.78 is 53.1. The van der Waals surface area contributed by atoms with Gasteiger partial charge in [0.05, 0.1) is 11.4 Å². The van der Waals surface area contributed by atoms with Crippen molar-refractivity contribution in [1.29, 1.82) is 0 Å². The number of carbonyl (C=O) groups is 2. The summed E-state index contributed by atoms with van der Waals surface area (Å²) >= 11 is 0. The molecule has 10 heteroatoms. The van der Waals surface area contributed by atoms with E-state index in [2.05, 4.69) is 10.6 Å². The van der Waals surface area contributed by atoms with Crippen molar-refractivity contribution >= 4 is 21.8 Å². The van der Waals surface area contributed by atoms with Gasteiger partial charge in [-0.15, -0.1) is 0 Å². The number of hydrogen-bond donors (Lipinski definition) is 2. The summed E-state index contributed by atoms with van der Waals surface area (Å²) in [6.45, 7) is 3.05. The summed E-state index contributed by atoms with van der Waals surface area (Å²) in [7, 11) is -1.40. The molecule has 0 spiro atoms. The number of benzene rings is 2. The van der Waals surface area contributed by atoms with Gasteiger partial charge < -0.3 is 10.6 Å². The van der Waals surface area contributed by atoms with Crippen LogP contribution in [0.15, 0.2) is 41.3 Å². The quantitative estimate of drug-likeness (QED) is 0.688. The normalized spacial score (nSPS) is 12.5. The van der Waals surface area contributed by atoms with Crippen molar-refractivity contribution in [3.8, 4) is 0 Å². The van der Waals surface area contributed by atoms with Crippen molar-refractivity contribution in [2.24, 2.45) is 0 Å². The molecule has 1 unspecified atom stereocenters. The van der Waals surface area contributed by atoms with E-state index in [4.69, 9.17) is 0 Å². The SMILES string of the molecule is CNC(=O)C(NC(=O)CN(C)S(=O)(=O)c1ccc(C)c(C)c1)c1ccc(F)c(F)c1. The highest BCUT2D eigenvalue weighted by Crippen LogP contribution is 2.19. The van der Waals surface area contributed by atoms with Crippen molar-refractivity contribution in [2.75, 3.05) is 20.6 Å². The highest BCUT2D eigenvalue weighted by Gasteiger charge is 2.27. The maximum Gasteiger partial charge on any atom is 0.246 e. The molecule has 0 fully saturated rings. The number of nitrogens with one attached hydrogen (secondary N) is 2. The van der Waals surface area contributed by atoms with Gasteiger partial charge >= 0.3 is 0 Å². The van der Waals surface area contributed by atoms with Crippen LogP contribution >= 0.6 is 0 Å². The first kappa shape index (κ1) is 23.4. The molecule has 2 amide bonds. The van der Waals surface area contributed by atoms with Crippen LogP contribution < -0.4 is 10.6 Å². The van der Waals surface area contributed by atoms with E-state index in [0.29, 0.717) is 0 Å². The molecule has 2 N–H and O–H groups in total. The number of amides is 2. The molecule has 2 rings (SSSR count). The Labute approximate surface area is 174 Å². The second-order valence-electron chi connectivity index (χ2n) is 6.80. The van der Waals surface area contributed by atoms with Crippen molar-refractivity contribution in [3.63, 3.8) is 0 Å². The van der Waals surface area contributed by atoms with E-state index >= 15 is 0 Å². The number of aryl methyl sites for hydroxylation is 2. The Hall–Kier alpha value is -2.85.